The first-order chi connectivity index (χ1) is 14.4. The van der Waals surface area contributed by atoms with E-state index in [2.05, 4.69) is 0 Å². The molecule has 3 N–H and O–H groups in total. The van der Waals surface area contributed by atoms with Gasteiger partial charge >= 0.3 is 5.97 Å². The number of nitrogens with two attached hydrogens (primary N) is 1. The highest BCUT2D eigenvalue weighted by Gasteiger charge is 2.34. The third-order valence-corrected chi connectivity index (χ3v) is 6.84. The van der Waals surface area contributed by atoms with Crippen molar-refractivity contribution in [2.45, 2.75) is 63.6 Å². The molecule has 0 aromatic heterocycles. The third-order valence-electron chi connectivity index (χ3n) is 6.84. The molecular formula is C23H34N2O5. The zero-order chi connectivity index (χ0) is 21.7. The Labute approximate surface area is 178 Å². The molecule has 166 valence electrons. The second-order valence-electron chi connectivity index (χ2n) is 8.65. The van der Waals surface area contributed by atoms with Crippen LogP contribution in [0.2, 0.25) is 0 Å². The van der Waals surface area contributed by atoms with Crippen molar-refractivity contribution in [3.8, 4) is 5.75 Å². The lowest BCUT2D eigenvalue weighted by atomic mass is 9.78. The number of aromatic carboxylic acids is 1. The fourth-order valence-electron chi connectivity index (χ4n) is 4.54. The third kappa shape index (κ3) is 5.13. The Morgan fingerprint density at radius 1 is 1.20 bits per heavy atom. The summed E-state index contributed by atoms with van der Waals surface area (Å²) in [6.07, 6.45) is 7.17. The monoisotopic (exact) mass is 418 g/mol. The van der Waals surface area contributed by atoms with E-state index in [9.17, 15) is 14.7 Å². The predicted molar refractivity (Wildman–Crippen MR) is 113 cm³/mol. The number of hydrogen-bond acceptors (Lipinski definition) is 5. The van der Waals surface area contributed by atoms with Crippen molar-refractivity contribution >= 4 is 11.9 Å². The van der Waals surface area contributed by atoms with Gasteiger partial charge in [-0.05, 0) is 68.9 Å². The number of carbonyl (C=O) groups is 2. The topological polar surface area (TPSA) is 102 Å². The van der Waals surface area contributed by atoms with Crippen LogP contribution in [0.25, 0.3) is 0 Å². The van der Waals surface area contributed by atoms with Gasteiger partial charge in [-0.3, -0.25) is 4.79 Å². The van der Waals surface area contributed by atoms with E-state index >= 15 is 0 Å². The van der Waals surface area contributed by atoms with Gasteiger partial charge in [0.2, 0.25) is 5.91 Å². The van der Waals surface area contributed by atoms with E-state index in [4.69, 9.17) is 15.2 Å². The van der Waals surface area contributed by atoms with Crippen molar-refractivity contribution in [3.63, 3.8) is 0 Å². The quantitative estimate of drug-likeness (QED) is 0.639. The number of nitrogens with zero attached hydrogens (tertiary/aromatic N) is 1. The maximum Gasteiger partial charge on any atom is 0.336 e. The molecule has 0 unspecified atom stereocenters. The molecule has 7 heteroatoms. The van der Waals surface area contributed by atoms with Gasteiger partial charge in [0.1, 0.15) is 5.75 Å². The molecule has 0 spiro atoms. The molecule has 0 bridgehead atoms. The number of hydrogen-bond donors (Lipinski definition) is 2. The maximum absolute atomic E-state index is 12.7. The second-order valence-corrected chi connectivity index (χ2v) is 8.65. The first-order valence-electron chi connectivity index (χ1n) is 10.9. The lowest BCUT2D eigenvalue weighted by Gasteiger charge is -2.38. The zero-order valence-corrected chi connectivity index (χ0v) is 18.0. The minimum absolute atomic E-state index is 0.0803. The van der Waals surface area contributed by atoms with Crippen LogP contribution in [0.3, 0.4) is 0 Å². The summed E-state index contributed by atoms with van der Waals surface area (Å²) >= 11 is 0. The van der Waals surface area contributed by atoms with E-state index in [0.717, 1.165) is 38.5 Å². The Bertz CT molecular complexity index is 741. The molecule has 0 heterocycles. The lowest BCUT2D eigenvalue weighted by molar-refractivity contribution is -0.136. The molecule has 1 aromatic carbocycles. The van der Waals surface area contributed by atoms with E-state index in [1.807, 2.05) is 11.9 Å². The van der Waals surface area contributed by atoms with Crippen LogP contribution in [0.5, 0.6) is 5.75 Å². The van der Waals surface area contributed by atoms with E-state index in [1.54, 1.807) is 18.2 Å². The van der Waals surface area contributed by atoms with Crippen LogP contribution in [0.15, 0.2) is 18.2 Å². The molecular weight excluding hydrogens is 384 g/mol. The van der Waals surface area contributed by atoms with Crippen molar-refractivity contribution in [2.75, 3.05) is 20.8 Å². The molecule has 1 atom stereocenters. The van der Waals surface area contributed by atoms with Gasteiger partial charge in [-0.15, -0.1) is 0 Å². The summed E-state index contributed by atoms with van der Waals surface area (Å²) in [7, 11) is 3.41. The first kappa shape index (κ1) is 22.6. The van der Waals surface area contributed by atoms with Gasteiger partial charge in [0, 0.05) is 25.3 Å². The van der Waals surface area contributed by atoms with E-state index in [0.29, 0.717) is 29.9 Å². The fraction of sp³-hybridized carbons (Fsp3) is 0.652. The summed E-state index contributed by atoms with van der Waals surface area (Å²) in [6, 6.07) is 4.94. The first-order valence-corrected chi connectivity index (χ1v) is 10.9. The Kier molecular flexibility index (Phi) is 7.72. The van der Waals surface area contributed by atoms with Gasteiger partial charge < -0.3 is 25.2 Å². The second kappa shape index (κ2) is 10.3. The lowest BCUT2D eigenvalue weighted by Crippen LogP contribution is -2.52. The molecule has 1 aromatic rings. The number of ether oxygens (including phenoxy) is 2. The van der Waals surface area contributed by atoms with Gasteiger partial charge in [0.25, 0.3) is 0 Å². The molecule has 0 radical (unpaired) electrons. The highest BCUT2D eigenvalue weighted by Crippen LogP contribution is 2.33. The number of carboxylic acid groups (broad SMARTS) is 1. The van der Waals surface area contributed by atoms with Crippen LogP contribution >= 0.6 is 0 Å². The number of amides is 1. The Balaban J connectivity index is 1.45. The predicted octanol–water partition coefficient (Wildman–Crippen LogP) is 3.05. The molecule has 7 nitrogen and oxygen atoms in total. The van der Waals surface area contributed by atoms with Gasteiger partial charge in [0.15, 0.2) is 0 Å². The summed E-state index contributed by atoms with van der Waals surface area (Å²) in [5.74, 6) is 0.244. The maximum atomic E-state index is 12.7. The van der Waals surface area contributed by atoms with E-state index in [-0.39, 0.29) is 24.0 Å². The minimum Gasteiger partial charge on any atom is -0.496 e. The Hall–Kier alpha value is -2.12. The molecule has 0 aliphatic heterocycles. The average Bonchev–Trinajstić information content (AvgIpc) is 2.71. The van der Waals surface area contributed by atoms with Crippen molar-refractivity contribution in [1.29, 1.82) is 0 Å². The van der Waals surface area contributed by atoms with Crippen LogP contribution in [-0.2, 0) is 16.1 Å². The molecule has 2 aliphatic rings. The van der Waals surface area contributed by atoms with Gasteiger partial charge in [-0.25, -0.2) is 4.79 Å². The summed E-state index contributed by atoms with van der Waals surface area (Å²) in [5.41, 5.74) is 7.09. The molecule has 1 amide bonds. The van der Waals surface area contributed by atoms with E-state index in [1.165, 1.54) is 13.5 Å². The van der Waals surface area contributed by atoms with Crippen LogP contribution in [0.4, 0.5) is 0 Å². The smallest absolute Gasteiger partial charge is 0.336 e. The summed E-state index contributed by atoms with van der Waals surface area (Å²) in [5, 5.41) is 9.40. The van der Waals surface area contributed by atoms with Crippen LogP contribution in [-0.4, -0.2) is 54.7 Å². The van der Waals surface area contributed by atoms with Gasteiger partial charge in [-0.2, -0.15) is 0 Å². The zero-order valence-electron chi connectivity index (χ0n) is 18.0. The molecule has 2 saturated carbocycles. The Morgan fingerprint density at radius 2 is 1.90 bits per heavy atom. The van der Waals surface area contributed by atoms with Crippen molar-refractivity contribution < 1.29 is 24.2 Å². The molecule has 0 saturated heterocycles. The largest absolute Gasteiger partial charge is 0.496 e. The number of carbonyl (C=O) groups excluding carboxylic acids is 1. The van der Waals surface area contributed by atoms with Crippen molar-refractivity contribution in [3.05, 3.63) is 29.3 Å². The number of benzene rings is 1. The highest BCUT2D eigenvalue weighted by molar-refractivity contribution is 5.90. The van der Waals surface area contributed by atoms with Crippen LogP contribution < -0.4 is 10.5 Å². The number of methoxy groups -OCH3 is 1. The number of carboxylic acids is 1. The average molecular weight is 419 g/mol. The van der Waals surface area contributed by atoms with E-state index < -0.39 is 12.0 Å². The standard InChI is InChI=1S/C23H34N2O5/c1-25(17-5-3-6-17)22(26)21(24)16-11-9-15(10-12-16)13-30-14-19-18(23(27)28)7-4-8-20(19)29-2/h4,7-8,15-17,21H,3,5-6,9-14,24H2,1-2H3,(H,27,28)/t15?,16?,21-/m0/s1. The molecule has 2 fully saturated rings. The number of rotatable bonds is 9. The molecule has 3 rings (SSSR count). The highest BCUT2D eigenvalue weighted by atomic mass is 16.5. The van der Waals surface area contributed by atoms with Gasteiger partial charge in [-0.1, -0.05) is 6.07 Å². The summed E-state index contributed by atoms with van der Waals surface area (Å²) in [6.45, 7) is 0.769. The molecule has 2 aliphatic carbocycles. The van der Waals surface area contributed by atoms with Crippen molar-refractivity contribution in [1.82, 2.24) is 4.90 Å². The van der Waals surface area contributed by atoms with Crippen LogP contribution in [0, 0.1) is 11.8 Å². The summed E-state index contributed by atoms with van der Waals surface area (Å²) in [4.78, 5) is 26.0. The normalized spacial score (nSPS) is 22.8. The minimum atomic E-state index is -0.987. The van der Waals surface area contributed by atoms with Gasteiger partial charge in [0.05, 0.1) is 25.3 Å². The number of likely N-dealkylation sites (N-methyl/N-ethyl adjacent to an activating group) is 1. The fourth-order valence-corrected chi connectivity index (χ4v) is 4.54. The van der Waals surface area contributed by atoms with Crippen molar-refractivity contribution in [2.24, 2.45) is 17.6 Å². The SMILES string of the molecule is COc1cccc(C(=O)O)c1COCC1CCC([C@H](N)C(=O)N(C)C2CCC2)CC1. The Morgan fingerprint density at radius 3 is 2.47 bits per heavy atom. The molecule has 30 heavy (non-hydrogen) atoms. The summed E-state index contributed by atoms with van der Waals surface area (Å²) < 4.78 is 11.2. The van der Waals surface area contributed by atoms with Crippen LogP contribution in [0.1, 0.15) is 60.9 Å².